The number of hydrogen-bond acceptors (Lipinski definition) is 2. The molecule has 0 spiro atoms. The summed E-state index contributed by atoms with van der Waals surface area (Å²) in [5.74, 6) is 0.339. The zero-order chi connectivity index (χ0) is 11.0. The molecule has 2 aromatic rings. The van der Waals surface area contributed by atoms with Crippen LogP contribution in [0.4, 0.5) is 5.82 Å². The second-order valence-electron chi connectivity index (χ2n) is 3.83. The minimum absolute atomic E-state index is 0.158. The van der Waals surface area contributed by atoms with Crippen molar-refractivity contribution in [2.45, 2.75) is 19.8 Å². The Balaban J connectivity index is 2.80. The molecule has 15 heavy (non-hydrogen) atoms. The van der Waals surface area contributed by atoms with Crippen molar-refractivity contribution in [3.8, 4) is 0 Å². The largest absolute Gasteiger partial charge is 0.358 e. The summed E-state index contributed by atoms with van der Waals surface area (Å²) in [4.78, 5) is 10.7. The quantitative estimate of drug-likeness (QED) is 0.557. The molecule has 78 valence electrons. The number of nitrogens with zero attached hydrogens (tertiary/aromatic N) is 2. The highest BCUT2D eigenvalue weighted by molar-refractivity contribution is 5.59. The van der Waals surface area contributed by atoms with E-state index < -0.39 is 0 Å². The maximum Gasteiger partial charge on any atom is 0.331 e. The maximum absolute atomic E-state index is 11.0. The van der Waals surface area contributed by atoms with Crippen molar-refractivity contribution in [1.29, 1.82) is 0 Å². The molecule has 0 aliphatic carbocycles. The molecule has 2 aromatic heterocycles. The summed E-state index contributed by atoms with van der Waals surface area (Å²) < 4.78 is 1.62. The second kappa shape index (κ2) is 3.38. The first-order chi connectivity index (χ1) is 7.11. The number of nitro groups is 1. The van der Waals surface area contributed by atoms with Crippen LogP contribution in [-0.4, -0.2) is 9.32 Å². The third-order valence-electron chi connectivity index (χ3n) is 2.48. The van der Waals surface area contributed by atoms with Crippen LogP contribution < -0.4 is 0 Å². The van der Waals surface area contributed by atoms with Gasteiger partial charge in [0.15, 0.2) is 0 Å². The molecule has 0 aromatic carbocycles. The van der Waals surface area contributed by atoms with Crippen LogP contribution in [0.1, 0.15) is 25.3 Å². The highest BCUT2D eigenvalue weighted by atomic mass is 16.6. The first-order valence-corrected chi connectivity index (χ1v) is 4.85. The number of rotatable bonds is 2. The minimum Gasteiger partial charge on any atom is -0.358 e. The lowest BCUT2D eigenvalue weighted by atomic mass is 10.1. The van der Waals surface area contributed by atoms with Crippen LogP contribution in [0.25, 0.3) is 5.52 Å². The molecule has 0 N–H and O–H groups in total. The van der Waals surface area contributed by atoms with Crippen LogP contribution >= 0.6 is 0 Å². The van der Waals surface area contributed by atoms with Gasteiger partial charge in [-0.25, -0.2) is 0 Å². The summed E-state index contributed by atoms with van der Waals surface area (Å²) in [5, 5.41) is 11.0. The van der Waals surface area contributed by atoms with Gasteiger partial charge in [0, 0.05) is 0 Å². The Labute approximate surface area is 87.3 Å². The summed E-state index contributed by atoms with van der Waals surface area (Å²) in [6.45, 7) is 3.92. The standard InChI is InChI=1S/C11H12N2O2/c1-8(2)10-7-9-5-3-4-6-12(9)11(10)13(14)15/h3-8H,1-2H3. The van der Waals surface area contributed by atoms with Crippen molar-refractivity contribution < 1.29 is 4.92 Å². The molecular formula is C11H12N2O2. The molecule has 0 saturated carbocycles. The Kier molecular flexibility index (Phi) is 2.19. The second-order valence-corrected chi connectivity index (χ2v) is 3.83. The molecule has 4 heteroatoms. The number of pyridine rings is 1. The van der Waals surface area contributed by atoms with Gasteiger partial charge in [0.2, 0.25) is 0 Å². The maximum atomic E-state index is 11.0. The number of fused-ring (bicyclic) bond motifs is 1. The van der Waals surface area contributed by atoms with E-state index in [4.69, 9.17) is 0 Å². The average molecular weight is 204 g/mol. The molecule has 0 atom stereocenters. The van der Waals surface area contributed by atoms with Gasteiger partial charge in [0.1, 0.15) is 5.52 Å². The van der Waals surface area contributed by atoms with Crippen molar-refractivity contribution >= 4 is 11.3 Å². The molecule has 2 heterocycles. The van der Waals surface area contributed by atoms with E-state index in [1.165, 1.54) is 0 Å². The summed E-state index contributed by atoms with van der Waals surface area (Å²) in [5.41, 5.74) is 1.65. The van der Waals surface area contributed by atoms with Crippen molar-refractivity contribution in [2.24, 2.45) is 0 Å². The highest BCUT2D eigenvalue weighted by Gasteiger charge is 2.21. The molecule has 0 radical (unpaired) electrons. The van der Waals surface area contributed by atoms with Crippen molar-refractivity contribution in [2.75, 3.05) is 0 Å². The van der Waals surface area contributed by atoms with Crippen molar-refractivity contribution in [1.82, 2.24) is 4.40 Å². The molecule has 0 bridgehead atoms. The molecule has 0 unspecified atom stereocenters. The van der Waals surface area contributed by atoms with Crippen LogP contribution in [0.15, 0.2) is 30.5 Å². The molecule has 2 rings (SSSR count). The van der Waals surface area contributed by atoms with Gasteiger partial charge in [0.25, 0.3) is 0 Å². The van der Waals surface area contributed by atoms with Crippen molar-refractivity contribution in [3.05, 3.63) is 46.1 Å². The lowest BCUT2D eigenvalue weighted by Gasteiger charge is -2.01. The summed E-state index contributed by atoms with van der Waals surface area (Å²) in [6, 6.07) is 7.43. The van der Waals surface area contributed by atoms with Gasteiger partial charge in [-0.15, -0.1) is 0 Å². The lowest BCUT2D eigenvalue weighted by Crippen LogP contribution is -1.98. The number of aromatic nitrogens is 1. The summed E-state index contributed by atoms with van der Waals surface area (Å²) >= 11 is 0. The SMILES string of the molecule is CC(C)c1cc2ccccn2c1[N+](=O)[O-]. The van der Waals surface area contributed by atoms with Gasteiger partial charge in [-0.1, -0.05) is 19.9 Å². The van der Waals surface area contributed by atoms with E-state index in [9.17, 15) is 10.1 Å². The van der Waals surface area contributed by atoms with Crippen LogP contribution in [0, 0.1) is 10.1 Å². The van der Waals surface area contributed by atoms with E-state index >= 15 is 0 Å². The third-order valence-corrected chi connectivity index (χ3v) is 2.48. The van der Waals surface area contributed by atoms with Gasteiger partial charge in [-0.3, -0.25) is 0 Å². The van der Waals surface area contributed by atoms with E-state index in [1.807, 2.05) is 32.0 Å². The predicted molar refractivity (Wildman–Crippen MR) is 58.1 cm³/mol. The Bertz CT molecular complexity index is 514. The van der Waals surface area contributed by atoms with Gasteiger partial charge < -0.3 is 10.1 Å². The van der Waals surface area contributed by atoms with E-state index in [-0.39, 0.29) is 16.7 Å². The smallest absolute Gasteiger partial charge is 0.331 e. The van der Waals surface area contributed by atoms with Gasteiger partial charge in [-0.05, 0) is 29.0 Å². The Morgan fingerprint density at radius 2 is 2.13 bits per heavy atom. The normalized spacial score (nSPS) is 11.1. The van der Waals surface area contributed by atoms with Gasteiger partial charge in [0.05, 0.1) is 11.8 Å². The Morgan fingerprint density at radius 3 is 2.73 bits per heavy atom. The molecule has 4 nitrogen and oxygen atoms in total. The third kappa shape index (κ3) is 1.48. The van der Waals surface area contributed by atoms with Crippen molar-refractivity contribution in [3.63, 3.8) is 0 Å². The van der Waals surface area contributed by atoms with Crippen LogP contribution in [0.5, 0.6) is 0 Å². The summed E-state index contributed by atoms with van der Waals surface area (Å²) in [6.07, 6.45) is 1.72. The fourth-order valence-electron chi connectivity index (χ4n) is 1.75. The van der Waals surface area contributed by atoms with Crippen LogP contribution in [-0.2, 0) is 0 Å². The monoisotopic (exact) mass is 204 g/mol. The van der Waals surface area contributed by atoms with Gasteiger partial charge in [-0.2, -0.15) is 4.40 Å². The minimum atomic E-state index is -0.317. The molecule has 0 aliphatic rings. The zero-order valence-electron chi connectivity index (χ0n) is 8.68. The van der Waals surface area contributed by atoms with E-state index in [1.54, 1.807) is 16.7 Å². The van der Waals surface area contributed by atoms with Crippen LogP contribution in [0.2, 0.25) is 0 Å². The Morgan fingerprint density at radius 1 is 1.40 bits per heavy atom. The first-order valence-electron chi connectivity index (χ1n) is 4.85. The van der Waals surface area contributed by atoms with E-state index in [2.05, 4.69) is 0 Å². The lowest BCUT2D eigenvalue weighted by molar-refractivity contribution is -0.391. The van der Waals surface area contributed by atoms with E-state index in [0.29, 0.717) is 0 Å². The summed E-state index contributed by atoms with van der Waals surface area (Å²) in [7, 11) is 0. The fraction of sp³-hybridized carbons (Fsp3) is 0.273. The molecule has 0 amide bonds. The Hall–Kier alpha value is -1.84. The van der Waals surface area contributed by atoms with Gasteiger partial charge >= 0.3 is 5.82 Å². The molecule has 0 saturated heterocycles. The molecular weight excluding hydrogens is 192 g/mol. The molecule has 0 fully saturated rings. The van der Waals surface area contributed by atoms with Crippen LogP contribution in [0.3, 0.4) is 0 Å². The highest BCUT2D eigenvalue weighted by Crippen LogP contribution is 2.29. The molecule has 0 aliphatic heterocycles. The predicted octanol–water partition coefficient (Wildman–Crippen LogP) is 2.97. The first kappa shape index (κ1) is 9.71. The number of hydrogen-bond donors (Lipinski definition) is 0. The topological polar surface area (TPSA) is 47.5 Å². The average Bonchev–Trinajstić information content (AvgIpc) is 2.56. The zero-order valence-corrected chi connectivity index (χ0v) is 8.68. The fourth-order valence-corrected chi connectivity index (χ4v) is 1.75. The van der Waals surface area contributed by atoms with E-state index in [0.717, 1.165) is 11.1 Å².